The first-order valence-corrected chi connectivity index (χ1v) is 13.6. The number of aliphatic imine (C=N–C) groups is 1. The van der Waals surface area contributed by atoms with Gasteiger partial charge >= 0.3 is 18.0 Å². The molecule has 1 N–H and O–H groups in total. The molecule has 0 spiro atoms. The molecule has 0 fully saturated rings. The van der Waals surface area contributed by atoms with E-state index in [0.717, 1.165) is 35.2 Å². The van der Waals surface area contributed by atoms with E-state index >= 15 is 0 Å². The molecule has 0 aromatic heterocycles. The van der Waals surface area contributed by atoms with Gasteiger partial charge in [0.25, 0.3) is 0 Å². The van der Waals surface area contributed by atoms with Crippen LogP contribution in [0.15, 0.2) is 77.8 Å². The number of nitrogens with one attached hydrogen (secondary N) is 1. The maximum absolute atomic E-state index is 13.1. The molecule has 0 bridgehead atoms. The molecule has 208 valence electrons. The number of amides is 1. The van der Waals surface area contributed by atoms with E-state index in [0.29, 0.717) is 17.9 Å². The fourth-order valence-corrected chi connectivity index (χ4v) is 4.45. The van der Waals surface area contributed by atoms with Gasteiger partial charge in [0.05, 0.1) is 24.6 Å². The summed E-state index contributed by atoms with van der Waals surface area (Å²) in [5.41, 5.74) is 4.12. The summed E-state index contributed by atoms with van der Waals surface area (Å²) in [6.45, 7) is 4.09. The minimum atomic E-state index is -0.756. The predicted molar refractivity (Wildman–Crippen MR) is 152 cm³/mol. The van der Waals surface area contributed by atoms with Crippen LogP contribution < -0.4 is 14.8 Å². The highest BCUT2D eigenvalue weighted by Crippen LogP contribution is 2.36. The fourth-order valence-electron chi connectivity index (χ4n) is 4.45. The first kappa shape index (κ1) is 28.5. The van der Waals surface area contributed by atoms with Gasteiger partial charge < -0.3 is 19.5 Å². The van der Waals surface area contributed by atoms with Crippen LogP contribution in [-0.4, -0.2) is 37.4 Å². The van der Waals surface area contributed by atoms with Crippen molar-refractivity contribution in [3.05, 3.63) is 89.5 Å². The van der Waals surface area contributed by atoms with Crippen LogP contribution in [0.25, 0.3) is 0 Å². The van der Waals surface area contributed by atoms with Gasteiger partial charge in [-0.05, 0) is 66.3 Å². The number of hydrogen-bond donors (Lipinski definition) is 1. The number of para-hydroxylation sites is 1. The molecule has 1 aliphatic rings. The van der Waals surface area contributed by atoms with Gasteiger partial charge in [-0.1, -0.05) is 56.3 Å². The number of fused-ring (bicyclic) bond motifs is 1. The molecule has 0 radical (unpaired) electrons. The quantitative estimate of drug-likeness (QED) is 0.172. The summed E-state index contributed by atoms with van der Waals surface area (Å²) in [6.07, 6.45) is 3.11. The highest BCUT2D eigenvalue weighted by molar-refractivity contribution is 5.84. The Balaban J connectivity index is 1.31. The average molecular weight is 543 g/mol. The summed E-state index contributed by atoms with van der Waals surface area (Å²) >= 11 is 0. The molecule has 1 aliphatic heterocycles. The molecule has 0 saturated heterocycles. The van der Waals surface area contributed by atoms with E-state index in [4.69, 9.17) is 14.2 Å². The van der Waals surface area contributed by atoms with E-state index in [1.807, 2.05) is 62.4 Å². The average Bonchev–Trinajstić information content (AvgIpc) is 3.38. The van der Waals surface area contributed by atoms with Crippen molar-refractivity contribution in [2.45, 2.75) is 45.4 Å². The predicted octanol–water partition coefficient (Wildman–Crippen LogP) is 5.94. The molecule has 0 saturated carbocycles. The van der Waals surface area contributed by atoms with Crippen LogP contribution in [0.4, 0.5) is 10.5 Å². The molecule has 4 rings (SSSR count). The van der Waals surface area contributed by atoms with Crippen molar-refractivity contribution in [1.29, 1.82) is 0 Å². The molecule has 1 heterocycles. The van der Waals surface area contributed by atoms with Crippen molar-refractivity contribution in [2.75, 3.05) is 13.2 Å². The number of carbonyl (C=O) groups is 3. The molecule has 2 atom stereocenters. The van der Waals surface area contributed by atoms with Crippen molar-refractivity contribution in [1.82, 2.24) is 5.32 Å². The second-order valence-corrected chi connectivity index (χ2v) is 9.53. The third-order valence-corrected chi connectivity index (χ3v) is 6.74. The zero-order valence-corrected chi connectivity index (χ0v) is 22.8. The standard InChI is InChI=1S/C32H34N2O6/c1-3-22-9-13-26(14-10-22)39-30(35)20-24(19-25-21-34-29-8-6-5-7-28(25)29)31(36)38-18-17-33-32(37)40-27-15-11-23(4-2)12-16-27/h5-16,21,24-25H,3-4,17-20H2,1-2H3,(H,33,37). The monoisotopic (exact) mass is 542 g/mol. The van der Waals surface area contributed by atoms with E-state index in [1.165, 1.54) is 0 Å². The van der Waals surface area contributed by atoms with Gasteiger partial charge in [0, 0.05) is 12.1 Å². The summed E-state index contributed by atoms with van der Waals surface area (Å²) in [4.78, 5) is 42.4. The van der Waals surface area contributed by atoms with Gasteiger partial charge in [-0.25, -0.2) is 4.79 Å². The van der Waals surface area contributed by atoms with Crippen molar-refractivity contribution >= 4 is 29.9 Å². The van der Waals surface area contributed by atoms with Crippen LogP contribution in [-0.2, 0) is 27.2 Å². The Bertz CT molecular complexity index is 1330. The van der Waals surface area contributed by atoms with Crippen molar-refractivity contribution < 1.29 is 28.6 Å². The lowest BCUT2D eigenvalue weighted by Crippen LogP contribution is -2.32. The Labute approximate surface area is 234 Å². The van der Waals surface area contributed by atoms with Crippen LogP contribution in [0.2, 0.25) is 0 Å². The highest BCUT2D eigenvalue weighted by atomic mass is 16.6. The van der Waals surface area contributed by atoms with E-state index < -0.39 is 23.9 Å². The Kier molecular flexibility index (Phi) is 10.0. The molecular formula is C32H34N2O6. The third-order valence-electron chi connectivity index (χ3n) is 6.74. The fraction of sp³-hybridized carbons (Fsp3) is 0.312. The van der Waals surface area contributed by atoms with Gasteiger partial charge in [0.2, 0.25) is 0 Å². The number of hydrogen-bond acceptors (Lipinski definition) is 7. The molecular weight excluding hydrogens is 508 g/mol. The normalized spacial score (nSPS) is 14.2. The molecule has 3 aromatic carbocycles. The second-order valence-electron chi connectivity index (χ2n) is 9.53. The topological polar surface area (TPSA) is 103 Å². The van der Waals surface area contributed by atoms with Gasteiger partial charge in [-0.3, -0.25) is 14.6 Å². The number of ether oxygens (including phenoxy) is 3. The molecule has 3 aromatic rings. The summed E-state index contributed by atoms with van der Waals surface area (Å²) < 4.78 is 16.2. The van der Waals surface area contributed by atoms with Crippen LogP contribution in [0.5, 0.6) is 11.5 Å². The Morgan fingerprint density at radius 2 is 1.48 bits per heavy atom. The summed E-state index contributed by atoms with van der Waals surface area (Å²) in [5, 5.41) is 2.57. The van der Waals surface area contributed by atoms with Crippen molar-refractivity contribution in [2.24, 2.45) is 10.9 Å². The Hall–Kier alpha value is -4.46. The molecule has 0 aliphatic carbocycles. The lowest BCUT2D eigenvalue weighted by molar-refractivity contribution is -0.152. The zero-order valence-electron chi connectivity index (χ0n) is 22.8. The maximum atomic E-state index is 13.1. The second kappa shape index (κ2) is 14.1. The van der Waals surface area contributed by atoms with Crippen LogP contribution in [0.3, 0.4) is 0 Å². The van der Waals surface area contributed by atoms with Gasteiger partial charge in [-0.15, -0.1) is 0 Å². The third kappa shape index (κ3) is 8.02. The van der Waals surface area contributed by atoms with Gasteiger partial charge in [-0.2, -0.15) is 0 Å². The number of benzene rings is 3. The zero-order chi connectivity index (χ0) is 28.3. The number of nitrogens with zero attached hydrogens (tertiary/aromatic N) is 1. The number of esters is 2. The van der Waals surface area contributed by atoms with Crippen molar-refractivity contribution in [3.8, 4) is 11.5 Å². The Morgan fingerprint density at radius 1 is 0.850 bits per heavy atom. The number of aryl methyl sites for hydroxylation is 2. The molecule has 1 amide bonds. The number of carbonyl (C=O) groups excluding carboxylic acids is 3. The van der Waals surface area contributed by atoms with E-state index in [2.05, 4.69) is 10.3 Å². The molecule has 8 nitrogen and oxygen atoms in total. The van der Waals surface area contributed by atoms with Crippen LogP contribution in [0.1, 0.15) is 49.3 Å². The first-order chi connectivity index (χ1) is 19.4. The molecule has 2 unspecified atom stereocenters. The van der Waals surface area contributed by atoms with E-state index in [-0.39, 0.29) is 25.5 Å². The lowest BCUT2D eigenvalue weighted by Gasteiger charge is -2.19. The SMILES string of the molecule is CCc1ccc(OC(=O)CC(CC2C=Nc3ccccc32)C(=O)OCCNC(=O)Oc2ccc(CC)cc2)cc1. The summed E-state index contributed by atoms with van der Waals surface area (Å²) in [5.74, 6) is -1.10. The lowest BCUT2D eigenvalue weighted by atomic mass is 9.88. The minimum Gasteiger partial charge on any atom is -0.464 e. The smallest absolute Gasteiger partial charge is 0.412 e. The molecule has 40 heavy (non-hydrogen) atoms. The Morgan fingerprint density at radius 3 is 2.12 bits per heavy atom. The van der Waals surface area contributed by atoms with Crippen LogP contribution >= 0.6 is 0 Å². The van der Waals surface area contributed by atoms with Gasteiger partial charge in [0.1, 0.15) is 18.1 Å². The first-order valence-electron chi connectivity index (χ1n) is 13.6. The maximum Gasteiger partial charge on any atom is 0.412 e. The summed E-state index contributed by atoms with van der Waals surface area (Å²) in [7, 11) is 0. The van der Waals surface area contributed by atoms with E-state index in [1.54, 1.807) is 30.5 Å². The minimum absolute atomic E-state index is 0.0618. The van der Waals surface area contributed by atoms with E-state index in [9.17, 15) is 14.4 Å². The number of rotatable bonds is 12. The van der Waals surface area contributed by atoms with Crippen LogP contribution in [0, 0.1) is 5.92 Å². The summed E-state index contributed by atoms with van der Waals surface area (Å²) in [6, 6.07) is 22.2. The highest BCUT2D eigenvalue weighted by Gasteiger charge is 2.30. The molecule has 8 heteroatoms. The van der Waals surface area contributed by atoms with Gasteiger partial charge in [0.15, 0.2) is 0 Å². The largest absolute Gasteiger partial charge is 0.464 e. The van der Waals surface area contributed by atoms with Crippen molar-refractivity contribution in [3.63, 3.8) is 0 Å².